The Balaban J connectivity index is 1.48. The quantitative estimate of drug-likeness (QED) is 0.583. The monoisotopic (exact) mass is 416 g/mol. The van der Waals surface area contributed by atoms with Gasteiger partial charge in [-0.1, -0.05) is 54.6 Å². The number of carbonyl (C=O) groups is 1. The standard InChI is InChI=1S/C27H32N2O2/c1-19(24-10-6-8-22-7-4-5-9-25(22)24)28-18-21-11-12-27(31-3)26(17-21)23-13-15-29(16-14-23)20(2)30/h4-12,17,19,23,28H,13-16,18H2,1-3H3/t19-/m1/s1. The number of amides is 1. The number of rotatable bonds is 6. The number of nitrogens with zero attached hydrogens (tertiary/aromatic N) is 1. The summed E-state index contributed by atoms with van der Waals surface area (Å²) in [6.45, 7) is 6.33. The molecule has 0 aromatic heterocycles. The molecule has 1 amide bonds. The fourth-order valence-electron chi connectivity index (χ4n) is 4.73. The lowest BCUT2D eigenvalue weighted by molar-refractivity contribution is -0.129. The molecule has 1 saturated heterocycles. The van der Waals surface area contributed by atoms with E-state index in [0.717, 1.165) is 38.2 Å². The topological polar surface area (TPSA) is 41.6 Å². The summed E-state index contributed by atoms with van der Waals surface area (Å²) in [5.41, 5.74) is 3.85. The molecule has 31 heavy (non-hydrogen) atoms. The minimum absolute atomic E-state index is 0.172. The molecule has 3 aromatic carbocycles. The van der Waals surface area contributed by atoms with Gasteiger partial charge >= 0.3 is 0 Å². The first-order chi connectivity index (χ1) is 15.1. The molecule has 0 unspecified atom stereocenters. The summed E-state index contributed by atoms with van der Waals surface area (Å²) < 4.78 is 5.67. The number of hydrogen-bond acceptors (Lipinski definition) is 3. The Morgan fingerprint density at radius 1 is 1.10 bits per heavy atom. The van der Waals surface area contributed by atoms with Crippen LogP contribution in [-0.4, -0.2) is 31.0 Å². The number of fused-ring (bicyclic) bond motifs is 1. The molecule has 0 saturated carbocycles. The van der Waals surface area contributed by atoms with Crippen molar-refractivity contribution in [3.8, 4) is 5.75 Å². The molecule has 0 radical (unpaired) electrons. The highest BCUT2D eigenvalue weighted by atomic mass is 16.5. The zero-order valence-electron chi connectivity index (χ0n) is 18.7. The number of carbonyl (C=O) groups excluding carboxylic acids is 1. The maximum Gasteiger partial charge on any atom is 0.219 e. The molecule has 4 nitrogen and oxygen atoms in total. The number of benzene rings is 3. The summed E-state index contributed by atoms with van der Waals surface area (Å²) in [7, 11) is 1.74. The summed E-state index contributed by atoms with van der Waals surface area (Å²) in [5, 5.41) is 6.28. The van der Waals surface area contributed by atoms with Crippen LogP contribution >= 0.6 is 0 Å². The van der Waals surface area contributed by atoms with E-state index < -0.39 is 0 Å². The van der Waals surface area contributed by atoms with Crippen molar-refractivity contribution in [2.45, 2.75) is 45.2 Å². The van der Waals surface area contributed by atoms with Crippen molar-refractivity contribution in [2.75, 3.05) is 20.2 Å². The summed E-state index contributed by atoms with van der Waals surface area (Å²) in [6, 6.07) is 21.8. The molecule has 1 N–H and O–H groups in total. The molecular weight excluding hydrogens is 384 g/mol. The second-order valence-electron chi connectivity index (χ2n) is 8.53. The van der Waals surface area contributed by atoms with Crippen molar-refractivity contribution in [3.63, 3.8) is 0 Å². The van der Waals surface area contributed by atoms with E-state index in [0.29, 0.717) is 5.92 Å². The van der Waals surface area contributed by atoms with Crippen LogP contribution in [0.15, 0.2) is 60.7 Å². The summed E-state index contributed by atoms with van der Waals surface area (Å²) in [6.07, 6.45) is 1.97. The van der Waals surface area contributed by atoms with Crippen LogP contribution in [0.4, 0.5) is 0 Å². The minimum atomic E-state index is 0.172. The molecule has 0 aliphatic carbocycles. The molecule has 3 aromatic rings. The zero-order valence-corrected chi connectivity index (χ0v) is 18.7. The van der Waals surface area contributed by atoms with Crippen LogP contribution in [0.5, 0.6) is 5.75 Å². The van der Waals surface area contributed by atoms with E-state index in [1.165, 1.54) is 27.5 Å². The minimum Gasteiger partial charge on any atom is -0.496 e. The van der Waals surface area contributed by atoms with Crippen molar-refractivity contribution in [2.24, 2.45) is 0 Å². The van der Waals surface area contributed by atoms with Gasteiger partial charge in [-0.25, -0.2) is 0 Å². The van der Waals surface area contributed by atoms with Crippen LogP contribution in [0.3, 0.4) is 0 Å². The van der Waals surface area contributed by atoms with Crippen LogP contribution in [0.2, 0.25) is 0 Å². The summed E-state index contributed by atoms with van der Waals surface area (Å²) in [5.74, 6) is 1.55. The molecule has 0 bridgehead atoms. The number of methoxy groups -OCH3 is 1. The number of piperidine rings is 1. The van der Waals surface area contributed by atoms with Gasteiger partial charge in [-0.05, 0) is 59.2 Å². The average molecular weight is 417 g/mol. The molecule has 1 fully saturated rings. The van der Waals surface area contributed by atoms with Crippen LogP contribution < -0.4 is 10.1 Å². The van der Waals surface area contributed by atoms with Gasteiger partial charge in [-0.3, -0.25) is 4.79 Å². The maximum absolute atomic E-state index is 11.7. The van der Waals surface area contributed by atoms with E-state index in [1.54, 1.807) is 14.0 Å². The zero-order chi connectivity index (χ0) is 21.8. The molecule has 4 rings (SSSR count). The van der Waals surface area contributed by atoms with Gasteiger partial charge in [0.2, 0.25) is 5.91 Å². The Hall–Kier alpha value is -2.85. The number of nitrogens with one attached hydrogen (secondary N) is 1. The Morgan fingerprint density at radius 3 is 2.58 bits per heavy atom. The Kier molecular flexibility index (Phi) is 6.57. The lowest BCUT2D eigenvalue weighted by Gasteiger charge is -2.32. The van der Waals surface area contributed by atoms with E-state index in [-0.39, 0.29) is 11.9 Å². The van der Waals surface area contributed by atoms with E-state index in [2.05, 4.69) is 72.9 Å². The highest BCUT2D eigenvalue weighted by Crippen LogP contribution is 2.35. The largest absolute Gasteiger partial charge is 0.496 e. The Labute approximate surface area is 185 Å². The van der Waals surface area contributed by atoms with Gasteiger partial charge in [0.25, 0.3) is 0 Å². The third kappa shape index (κ3) is 4.75. The molecule has 4 heteroatoms. The summed E-state index contributed by atoms with van der Waals surface area (Å²) >= 11 is 0. The van der Waals surface area contributed by atoms with Crippen molar-refractivity contribution < 1.29 is 9.53 Å². The smallest absolute Gasteiger partial charge is 0.219 e. The lowest BCUT2D eigenvalue weighted by atomic mass is 9.87. The van der Waals surface area contributed by atoms with Gasteiger partial charge in [-0.2, -0.15) is 0 Å². The highest BCUT2D eigenvalue weighted by molar-refractivity contribution is 5.86. The summed E-state index contributed by atoms with van der Waals surface area (Å²) in [4.78, 5) is 13.6. The predicted molar refractivity (Wildman–Crippen MR) is 126 cm³/mol. The molecule has 1 aliphatic rings. The SMILES string of the molecule is COc1ccc(CN[C@H](C)c2cccc3ccccc23)cc1C1CCN(C(C)=O)CC1. The van der Waals surface area contributed by atoms with Gasteiger partial charge in [0.1, 0.15) is 5.75 Å². The van der Waals surface area contributed by atoms with E-state index >= 15 is 0 Å². The van der Waals surface area contributed by atoms with Crippen LogP contribution in [0, 0.1) is 0 Å². The second-order valence-corrected chi connectivity index (χ2v) is 8.53. The molecule has 162 valence electrons. The van der Waals surface area contributed by atoms with Gasteiger partial charge < -0.3 is 15.0 Å². The molecular formula is C27H32N2O2. The fraction of sp³-hybridized carbons (Fsp3) is 0.370. The Bertz CT molecular complexity index is 1050. The van der Waals surface area contributed by atoms with Crippen LogP contribution in [-0.2, 0) is 11.3 Å². The van der Waals surface area contributed by atoms with Gasteiger partial charge in [0.05, 0.1) is 7.11 Å². The number of ether oxygens (including phenoxy) is 1. The Morgan fingerprint density at radius 2 is 1.84 bits per heavy atom. The third-order valence-electron chi connectivity index (χ3n) is 6.58. The van der Waals surface area contributed by atoms with Crippen LogP contribution in [0.1, 0.15) is 55.3 Å². The normalized spacial score (nSPS) is 15.8. The third-order valence-corrected chi connectivity index (χ3v) is 6.58. The number of likely N-dealkylation sites (tertiary alicyclic amines) is 1. The fourth-order valence-corrected chi connectivity index (χ4v) is 4.73. The van der Waals surface area contributed by atoms with Crippen molar-refractivity contribution in [3.05, 3.63) is 77.4 Å². The van der Waals surface area contributed by atoms with Crippen LogP contribution in [0.25, 0.3) is 10.8 Å². The van der Waals surface area contributed by atoms with E-state index in [4.69, 9.17) is 4.74 Å². The maximum atomic E-state index is 11.7. The molecule has 1 atom stereocenters. The predicted octanol–water partition coefficient (Wildman–Crippen LogP) is 5.43. The van der Waals surface area contributed by atoms with Gasteiger partial charge in [-0.15, -0.1) is 0 Å². The van der Waals surface area contributed by atoms with E-state index in [9.17, 15) is 4.79 Å². The lowest BCUT2D eigenvalue weighted by Crippen LogP contribution is -2.36. The van der Waals surface area contributed by atoms with Gasteiger partial charge in [0.15, 0.2) is 0 Å². The molecule has 1 aliphatic heterocycles. The van der Waals surface area contributed by atoms with Gasteiger partial charge in [0, 0.05) is 32.6 Å². The first-order valence-corrected chi connectivity index (χ1v) is 11.2. The average Bonchev–Trinajstić information content (AvgIpc) is 2.82. The first kappa shape index (κ1) is 21.4. The van der Waals surface area contributed by atoms with E-state index in [1.807, 2.05) is 4.90 Å². The highest BCUT2D eigenvalue weighted by Gasteiger charge is 2.24. The van der Waals surface area contributed by atoms with Crippen molar-refractivity contribution >= 4 is 16.7 Å². The van der Waals surface area contributed by atoms with Crippen molar-refractivity contribution in [1.82, 2.24) is 10.2 Å². The molecule has 0 spiro atoms. The molecule has 1 heterocycles. The number of hydrogen-bond donors (Lipinski definition) is 1. The van der Waals surface area contributed by atoms with Crippen molar-refractivity contribution in [1.29, 1.82) is 0 Å². The second kappa shape index (κ2) is 9.52. The first-order valence-electron chi connectivity index (χ1n) is 11.2.